The highest BCUT2D eigenvalue weighted by Gasteiger charge is 2.54. The third-order valence-electron chi connectivity index (χ3n) is 9.14. The van der Waals surface area contributed by atoms with Gasteiger partial charge in [-0.2, -0.15) is 0 Å². The largest absolute Gasteiger partial charge is 0.394 e. The second-order valence-electron chi connectivity index (χ2n) is 12.9. The highest BCUT2D eigenvalue weighted by Crippen LogP contribution is 2.34. The zero-order valence-electron chi connectivity index (χ0n) is 27.7. The van der Waals surface area contributed by atoms with E-state index in [0.29, 0.717) is 19.6 Å². The van der Waals surface area contributed by atoms with Crippen LogP contribution in [0.3, 0.4) is 0 Å². The molecule has 0 unspecified atom stereocenters. The Hall–Kier alpha value is -1.07. The predicted molar refractivity (Wildman–Crippen MR) is 175 cm³/mol. The molecule has 4 rings (SSSR count). The van der Waals surface area contributed by atoms with Gasteiger partial charge in [-0.25, -0.2) is 13.1 Å². The molecule has 17 atom stereocenters. The van der Waals surface area contributed by atoms with Gasteiger partial charge < -0.3 is 93.7 Å². The van der Waals surface area contributed by atoms with Gasteiger partial charge in [-0.1, -0.05) is 12.2 Å². The average molecular weight is 745 g/mol. The summed E-state index contributed by atoms with van der Waals surface area (Å²) in [6.07, 6.45) is -12.8. The molecule has 1 saturated carbocycles. The lowest BCUT2D eigenvalue weighted by atomic mass is 9.84. The quantitative estimate of drug-likeness (QED) is 0.0485. The Kier molecular flexibility index (Phi) is 15.7. The molecule has 0 spiro atoms. The maximum Gasteiger partial charge on any atom is 0.213 e. The van der Waals surface area contributed by atoms with E-state index in [2.05, 4.69) is 10.0 Å². The van der Waals surface area contributed by atoms with Gasteiger partial charge in [0.1, 0.15) is 48.8 Å². The topological polar surface area (TPSA) is 371 Å². The Labute approximate surface area is 290 Å². The molecule has 3 heterocycles. The summed E-state index contributed by atoms with van der Waals surface area (Å²) in [4.78, 5) is 0. The molecule has 4 aliphatic rings. The van der Waals surface area contributed by atoms with Crippen molar-refractivity contribution in [3.63, 3.8) is 0 Å². The molecule has 0 aromatic rings. The van der Waals surface area contributed by atoms with E-state index in [1.54, 1.807) is 12.2 Å². The van der Waals surface area contributed by atoms with Crippen LogP contribution in [0.4, 0.5) is 0 Å². The monoisotopic (exact) mass is 744 g/mol. The highest BCUT2D eigenvalue weighted by molar-refractivity contribution is 7.89. The van der Waals surface area contributed by atoms with Crippen LogP contribution in [0.5, 0.6) is 0 Å². The van der Waals surface area contributed by atoms with Crippen molar-refractivity contribution in [2.24, 2.45) is 34.4 Å². The van der Waals surface area contributed by atoms with Gasteiger partial charge >= 0.3 is 0 Å². The Bertz CT molecular complexity index is 1180. The van der Waals surface area contributed by atoms with Crippen LogP contribution in [-0.2, 0) is 38.4 Å². The van der Waals surface area contributed by atoms with Crippen molar-refractivity contribution in [3.8, 4) is 0 Å². The summed E-state index contributed by atoms with van der Waals surface area (Å²) in [5, 5.41) is 56.9. The third kappa shape index (κ3) is 10.1. The Morgan fingerprint density at radius 2 is 1.46 bits per heavy atom. The molecule has 19 N–H and O–H groups in total. The molecule has 0 amide bonds. The Morgan fingerprint density at radius 3 is 2.12 bits per heavy atom. The number of hydrogen-bond donors (Lipinski definition) is 13. The number of nitrogens with one attached hydrogen (secondary N) is 2. The number of nitrogens with two attached hydrogens (primary N) is 6. The first-order valence-corrected chi connectivity index (χ1v) is 18.4. The highest BCUT2D eigenvalue weighted by atomic mass is 32.2. The average Bonchev–Trinajstić information content (AvgIpc) is 3.37. The summed E-state index contributed by atoms with van der Waals surface area (Å²) in [5.41, 5.74) is 35.5. The second-order valence-corrected chi connectivity index (χ2v) is 14.8. The van der Waals surface area contributed by atoms with E-state index in [-0.39, 0.29) is 19.5 Å². The number of rotatable bonds is 17. The zero-order chi connectivity index (χ0) is 36.7. The minimum atomic E-state index is -3.94. The summed E-state index contributed by atoms with van der Waals surface area (Å²) < 4.78 is 63.4. The van der Waals surface area contributed by atoms with Crippen LogP contribution >= 0.6 is 0 Å². The van der Waals surface area contributed by atoms with Gasteiger partial charge in [0, 0.05) is 25.7 Å². The van der Waals surface area contributed by atoms with E-state index in [4.69, 9.17) is 62.8 Å². The van der Waals surface area contributed by atoms with Crippen LogP contribution in [0.15, 0.2) is 12.2 Å². The van der Waals surface area contributed by atoms with Crippen LogP contribution in [0.25, 0.3) is 0 Å². The van der Waals surface area contributed by atoms with E-state index < -0.39 is 126 Å². The van der Waals surface area contributed by atoms with Gasteiger partial charge in [0.25, 0.3) is 0 Å². The van der Waals surface area contributed by atoms with Crippen molar-refractivity contribution in [1.82, 2.24) is 10.0 Å². The van der Waals surface area contributed by atoms with Crippen molar-refractivity contribution < 1.29 is 62.4 Å². The molecule has 22 heteroatoms. The fraction of sp³-hybridized carbons (Fsp3) is 0.929. The first kappa shape index (κ1) is 41.7. The van der Waals surface area contributed by atoms with Crippen LogP contribution in [-0.4, -0.2) is 183 Å². The number of ether oxygens (including phenoxy) is 6. The van der Waals surface area contributed by atoms with Gasteiger partial charge in [-0.15, -0.1) is 0 Å². The first-order valence-electron chi connectivity index (χ1n) is 16.8. The molecule has 3 fully saturated rings. The lowest BCUT2D eigenvalue weighted by Crippen LogP contribution is -2.66. The Morgan fingerprint density at radius 1 is 0.780 bits per heavy atom. The summed E-state index contributed by atoms with van der Waals surface area (Å²) in [6, 6.07) is -4.16. The van der Waals surface area contributed by atoms with Crippen LogP contribution < -0.4 is 44.4 Å². The normalized spacial score (nSPS) is 44.1. The molecule has 0 aromatic heterocycles. The molecule has 292 valence electrons. The van der Waals surface area contributed by atoms with Crippen LogP contribution in [0.1, 0.15) is 12.8 Å². The second kappa shape index (κ2) is 18.8. The first-order chi connectivity index (χ1) is 23.7. The van der Waals surface area contributed by atoms with E-state index in [9.17, 15) is 34.0 Å². The van der Waals surface area contributed by atoms with E-state index in [0.717, 1.165) is 6.42 Å². The summed E-state index contributed by atoms with van der Waals surface area (Å²) in [6.45, 7) is 0.572. The minimum absolute atomic E-state index is 0.0934. The fourth-order valence-corrected chi connectivity index (χ4v) is 7.49. The fourth-order valence-electron chi connectivity index (χ4n) is 6.36. The summed E-state index contributed by atoms with van der Waals surface area (Å²) in [7, 11) is -3.94. The molecule has 2 saturated heterocycles. The maximum absolute atomic E-state index is 12.6. The number of aliphatic hydroxyl groups is 5. The van der Waals surface area contributed by atoms with Crippen molar-refractivity contribution in [2.75, 3.05) is 45.1 Å². The van der Waals surface area contributed by atoms with Crippen LogP contribution in [0, 0.1) is 0 Å². The Balaban J connectivity index is 1.54. The van der Waals surface area contributed by atoms with Crippen molar-refractivity contribution >= 4 is 10.0 Å². The SMILES string of the molecule is NCCCNC[C@@H]1C=C[C@@H](N)[C@@H](O[C@H]2[C@H](O[C@@H]3O[C@H](CO)[C@@H](O[C@H]4O[C@@H](CN)[C@@H](O)[C@H](O)[C@H]4N)[C@H]3O)[C@@H](O)[C@H](NS(=O)(=O)CCN)C[C@@H]2N)O1. The summed E-state index contributed by atoms with van der Waals surface area (Å²) in [5.74, 6) is -0.418. The van der Waals surface area contributed by atoms with Crippen LogP contribution in [0.2, 0.25) is 0 Å². The lowest BCUT2D eigenvalue weighted by molar-refractivity contribution is -0.284. The van der Waals surface area contributed by atoms with Crippen molar-refractivity contribution in [2.45, 2.75) is 117 Å². The van der Waals surface area contributed by atoms with E-state index >= 15 is 0 Å². The molecule has 0 radical (unpaired) electrons. The van der Waals surface area contributed by atoms with Crippen molar-refractivity contribution in [1.29, 1.82) is 0 Å². The predicted octanol–water partition coefficient (Wildman–Crippen LogP) is -8.16. The number of hydrogen-bond acceptors (Lipinski definition) is 20. The molecule has 21 nitrogen and oxygen atoms in total. The van der Waals surface area contributed by atoms with Crippen molar-refractivity contribution in [3.05, 3.63) is 12.2 Å². The molecule has 3 aliphatic heterocycles. The van der Waals surface area contributed by atoms with Gasteiger partial charge in [0.15, 0.2) is 18.9 Å². The number of aliphatic hydroxyl groups excluding tert-OH is 5. The molecule has 0 aromatic carbocycles. The smallest absolute Gasteiger partial charge is 0.213 e. The number of sulfonamides is 1. The molecule has 0 bridgehead atoms. The maximum atomic E-state index is 12.6. The molecule has 50 heavy (non-hydrogen) atoms. The minimum Gasteiger partial charge on any atom is -0.394 e. The van der Waals surface area contributed by atoms with Gasteiger partial charge in [0.2, 0.25) is 10.0 Å². The van der Waals surface area contributed by atoms with Gasteiger partial charge in [-0.05, 0) is 25.9 Å². The zero-order valence-corrected chi connectivity index (χ0v) is 28.5. The van der Waals surface area contributed by atoms with E-state index in [1.165, 1.54) is 0 Å². The molecular formula is C28H56N8O13S. The van der Waals surface area contributed by atoms with Gasteiger partial charge in [0.05, 0.1) is 42.7 Å². The van der Waals surface area contributed by atoms with E-state index in [1.807, 2.05) is 0 Å². The molecule has 1 aliphatic carbocycles. The lowest BCUT2D eigenvalue weighted by Gasteiger charge is -2.46. The third-order valence-corrected chi connectivity index (χ3v) is 10.6. The molecular weight excluding hydrogens is 688 g/mol. The standard InChI is InChI=1S/C28H56N8O13S/c29-4-1-6-35-10-12-2-3-13(32)26(44-12)47-23-14(33)8-15(36-50(42,43)7-5-30)19(38)25(23)49-28-22(41)24(17(11-37)46-28)48-27-18(34)21(40)20(39)16(9-31)45-27/h2-3,12-28,35-41H,1,4-11,29-34H2/t12-,13+,14-,15+,16-,17+,18+,19-,20+,21+,22+,23+,24+,25+,26+,27+,28-/m0/s1. The summed E-state index contributed by atoms with van der Waals surface area (Å²) >= 11 is 0. The van der Waals surface area contributed by atoms with Gasteiger partial charge in [-0.3, -0.25) is 0 Å².